The minimum absolute atomic E-state index is 0.0948. The number of non-ortho nitro benzene ring substituents is 1. The number of pyridine rings is 1. The highest BCUT2D eigenvalue weighted by molar-refractivity contribution is 7.71. The van der Waals surface area contributed by atoms with Crippen LogP contribution in [0.4, 0.5) is 17.1 Å². The summed E-state index contributed by atoms with van der Waals surface area (Å²) in [6.45, 7) is 3.21. The Morgan fingerprint density at radius 3 is 2.48 bits per heavy atom. The van der Waals surface area contributed by atoms with Crippen molar-refractivity contribution in [2.24, 2.45) is 0 Å². The largest absolute Gasteiger partial charge is 0.370 e. The van der Waals surface area contributed by atoms with Crippen LogP contribution in [0, 0.1) is 26.1 Å². The van der Waals surface area contributed by atoms with Crippen molar-refractivity contribution in [1.29, 1.82) is 5.26 Å². The molecule has 0 atom stereocenters. The van der Waals surface area contributed by atoms with Gasteiger partial charge in [0.2, 0.25) is 0 Å². The molecule has 0 radical (unpaired) electrons. The second-order valence-corrected chi connectivity index (χ2v) is 6.19. The normalized spacial score (nSPS) is 14.7. The Morgan fingerprint density at radius 2 is 1.80 bits per heavy atom. The van der Waals surface area contributed by atoms with Crippen molar-refractivity contribution in [3.63, 3.8) is 0 Å². The van der Waals surface area contributed by atoms with Crippen molar-refractivity contribution >= 4 is 29.3 Å². The van der Waals surface area contributed by atoms with Crippen molar-refractivity contribution in [3.05, 3.63) is 56.8 Å². The molecule has 2 heterocycles. The fourth-order valence-electron chi connectivity index (χ4n) is 3.04. The number of benzene rings is 1. The molecule has 2 aromatic rings. The fourth-order valence-corrected chi connectivity index (χ4v) is 3.26. The second kappa shape index (κ2) is 7.32. The van der Waals surface area contributed by atoms with Crippen LogP contribution in [0.15, 0.2) is 36.5 Å². The molecule has 1 aromatic heterocycles. The Balaban J connectivity index is 1.77. The molecule has 1 saturated heterocycles. The zero-order valence-electron chi connectivity index (χ0n) is 13.5. The van der Waals surface area contributed by atoms with Crippen LogP contribution >= 0.6 is 12.2 Å². The second-order valence-electron chi connectivity index (χ2n) is 5.78. The van der Waals surface area contributed by atoms with E-state index in [1.807, 2.05) is 6.07 Å². The van der Waals surface area contributed by atoms with E-state index in [9.17, 15) is 15.4 Å². The summed E-state index contributed by atoms with van der Waals surface area (Å²) in [7, 11) is 0. The number of nitrogens with zero attached hydrogens (tertiary/aromatic N) is 4. The molecule has 25 heavy (non-hydrogen) atoms. The number of H-pyrrole nitrogens is 1. The molecule has 0 aliphatic carbocycles. The Labute approximate surface area is 150 Å². The highest BCUT2D eigenvalue weighted by atomic mass is 32.1. The van der Waals surface area contributed by atoms with Crippen LogP contribution in [0.25, 0.3) is 0 Å². The van der Waals surface area contributed by atoms with Gasteiger partial charge in [0.25, 0.3) is 5.69 Å². The lowest BCUT2D eigenvalue weighted by molar-refractivity contribution is -0.384. The van der Waals surface area contributed by atoms with Crippen LogP contribution in [0.1, 0.15) is 12.0 Å². The molecule has 0 spiro atoms. The maximum atomic E-state index is 10.8. The van der Waals surface area contributed by atoms with Gasteiger partial charge in [0, 0.05) is 50.2 Å². The lowest BCUT2D eigenvalue weighted by Gasteiger charge is -2.25. The van der Waals surface area contributed by atoms with E-state index < -0.39 is 4.92 Å². The molecule has 0 unspecified atom stereocenters. The third kappa shape index (κ3) is 3.61. The number of aromatic amines is 1. The van der Waals surface area contributed by atoms with E-state index in [-0.39, 0.29) is 5.69 Å². The van der Waals surface area contributed by atoms with Gasteiger partial charge in [-0.25, -0.2) is 0 Å². The number of rotatable bonds is 3. The SMILES string of the molecule is N#Cc1c(N2CCCN(c3ccc([N+](=O)[O-])cc3)CC2)cc[nH]c1=S. The Morgan fingerprint density at radius 1 is 1.12 bits per heavy atom. The number of nitro benzene ring substituents is 1. The average Bonchev–Trinajstić information content (AvgIpc) is 2.87. The van der Waals surface area contributed by atoms with E-state index in [1.54, 1.807) is 18.3 Å². The molecular weight excluding hydrogens is 338 g/mol. The van der Waals surface area contributed by atoms with Gasteiger partial charge in [-0.3, -0.25) is 10.1 Å². The Bertz CT molecular complexity index is 872. The van der Waals surface area contributed by atoms with Crippen molar-refractivity contribution < 1.29 is 4.92 Å². The smallest absolute Gasteiger partial charge is 0.269 e. The monoisotopic (exact) mass is 355 g/mol. The molecule has 1 N–H and O–H groups in total. The Kier molecular flexibility index (Phi) is 4.95. The van der Waals surface area contributed by atoms with E-state index in [2.05, 4.69) is 20.9 Å². The standard InChI is InChI=1S/C17H17N5O2S/c18-12-15-16(6-7-19-17(15)25)21-9-1-8-20(10-11-21)13-2-4-14(5-3-13)22(23)24/h2-7H,1,8-11H2,(H,19,25). The van der Waals surface area contributed by atoms with E-state index in [0.717, 1.165) is 44.0 Å². The molecule has 8 heteroatoms. The maximum Gasteiger partial charge on any atom is 0.269 e. The number of hydrogen-bond acceptors (Lipinski definition) is 6. The van der Waals surface area contributed by atoms with Crippen molar-refractivity contribution in [2.45, 2.75) is 6.42 Å². The number of nitriles is 1. The summed E-state index contributed by atoms with van der Waals surface area (Å²) in [6, 6.07) is 10.7. The molecule has 1 aliphatic heterocycles. The molecule has 0 saturated carbocycles. The third-order valence-electron chi connectivity index (χ3n) is 4.31. The zero-order chi connectivity index (χ0) is 17.8. The van der Waals surface area contributed by atoms with Crippen molar-refractivity contribution in [1.82, 2.24) is 4.98 Å². The molecule has 0 amide bonds. The minimum Gasteiger partial charge on any atom is -0.370 e. The summed E-state index contributed by atoms with van der Waals surface area (Å²) >= 11 is 5.20. The molecule has 3 rings (SSSR count). The van der Waals surface area contributed by atoms with Gasteiger partial charge < -0.3 is 14.8 Å². The van der Waals surface area contributed by atoms with E-state index in [4.69, 9.17) is 12.2 Å². The van der Waals surface area contributed by atoms with Gasteiger partial charge in [0.1, 0.15) is 16.3 Å². The summed E-state index contributed by atoms with van der Waals surface area (Å²) in [4.78, 5) is 17.7. The number of anilines is 2. The molecule has 128 valence electrons. The Hall–Kier alpha value is -2.92. The van der Waals surface area contributed by atoms with Gasteiger partial charge in [0.15, 0.2) is 0 Å². The molecule has 7 nitrogen and oxygen atoms in total. The van der Waals surface area contributed by atoms with Crippen LogP contribution in [-0.2, 0) is 0 Å². The van der Waals surface area contributed by atoms with Gasteiger partial charge in [0.05, 0.1) is 10.6 Å². The molecular formula is C17H17N5O2S. The van der Waals surface area contributed by atoms with Gasteiger partial charge in [-0.15, -0.1) is 0 Å². The highest BCUT2D eigenvalue weighted by Gasteiger charge is 2.18. The van der Waals surface area contributed by atoms with Crippen molar-refractivity contribution in [2.75, 3.05) is 36.0 Å². The lowest BCUT2D eigenvalue weighted by atomic mass is 10.2. The quantitative estimate of drug-likeness (QED) is 0.516. The molecule has 1 aromatic carbocycles. The van der Waals surface area contributed by atoms with E-state index in [1.165, 1.54) is 12.1 Å². The lowest BCUT2D eigenvalue weighted by Crippen LogP contribution is -2.31. The van der Waals surface area contributed by atoms with Crippen LogP contribution in [0.5, 0.6) is 0 Å². The van der Waals surface area contributed by atoms with E-state index >= 15 is 0 Å². The third-order valence-corrected chi connectivity index (χ3v) is 4.63. The number of nitro groups is 1. The van der Waals surface area contributed by atoms with Crippen LogP contribution in [0.2, 0.25) is 0 Å². The predicted octanol–water partition coefficient (Wildman–Crippen LogP) is 3.24. The van der Waals surface area contributed by atoms with Crippen molar-refractivity contribution in [3.8, 4) is 6.07 Å². The van der Waals surface area contributed by atoms with Gasteiger partial charge in [-0.2, -0.15) is 5.26 Å². The summed E-state index contributed by atoms with van der Waals surface area (Å²) in [5, 5.41) is 20.2. The number of hydrogen-bond donors (Lipinski definition) is 1. The predicted molar refractivity (Wildman–Crippen MR) is 98.5 cm³/mol. The summed E-state index contributed by atoms with van der Waals surface area (Å²) in [5.74, 6) is 0. The number of nitrogens with one attached hydrogen (secondary N) is 1. The van der Waals surface area contributed by atoms with Crippen LogP contribution in [0.3, 0.4) is 0 Å². The van der Waals surface area contributed by atoms with Gasteiger partial charge in [-0.05, 0) is 24.6 Å². The fraction of sp³-hybridized carbons (Fsp3) is 0.294. The minimum atomic E-state index is -0.393. The zero-order valence-corrected chi connectivity index (χ0v) is 14.3. The first-order valence-corrected chi connectivity index (χ1v) is 8.37. The summed E-state index contributed by atoms with van der Waals surface area (Å²) in [5.41, 5.74) is 2.42. The van der Waals surface area contributed by atoms with E-state index in [0.29, 0.717) is 10.2 Å². The molecule has 0 bridgehead atoms. The van der Waals surface area contributed by atoms with Crippen LogP contribution in [-0.4, -0.2) is 36.1 Å². The first kappa shape index (κ1) is 16.9. The highest BCUT2D eigenvalue weighted by Crippen LogP contribution is 2.24. The van der Waals surface area contributed by atoms with Gasteiger partial charge in [-0.1, -0.05) is 12.2 Å². The van der Waals surface area contributed by atoms with Crippen LogP contribution < -0.4 is 9.80 Å². The topological polar surface area (TPSA) is 89.2 Å². The maximum absolute atomic E-state index is 10.8. The van der Waals surface area contributed by atoms with Gasteiger partial charge >= 0.3 is 0 Å². The first-order valence-electron chi connectivity index (χ1n) is 7.96. The summed E-state index contributed by atoms with van der Waals surface area (Å²) in [6.07, 6.45) is 2.69. The number of aromatic nitrogens is 1. The molecule has 1 fully saturated rings. The molecule has 1 aliphatic rings. The average molecular weight is 355 g/mol. The summed E-state index contributed by atoms with van der Waals surface area (Å²) < 4.78 is 0.455. The first-order chi connectivity index (χ1) is 12.1.